The van der Waals surface area contributed by atoms with E-state index in [9.17, 15) is 26.8 Å². The van der Waals surface area contributed by atoms with E-state index in [0.29, 0.717) is 34.8 Å². The van der Waals surface area contributed by atoms with Crippen LogP contribution in [0.1, 0.15) is 12.8 Å². The third-order valence-electron chi connectivity index (χ3n) is 7.19. The molecule has 2 N–H and O–H groups in total. The smallest absolute Gasteiger partial charge is 0.306 e. The molecule has 0 bridgehead atoms. The van der Waals surface area contributed by atoms with Crippen molar-refractivity contribution in [2.24, 2.45) is 0 Å². The number of hydrogen-bond acceptors (Lipinski definition) is 8. The summed E-state index contributed by atoms with van der Waals surface area (Å²) >= 11 is 0. The number of rotatable bonds is 8. The molecular formula is C32H24F2N4O6S. The molecule has 10 nitrogen and oxygen atoms in total. The molecule has 3 aromatic carbocycles. The van der Waals surface area contributed by atoms with Crippen LogP contribution in [0.25, 0.3) is 33.2 Å². The molecule has 5 aromatic rings. The number of carbonyl (C=O) groups excluding carboxylic acids is 2. The number of esters is 1. The van der Waals surface area contributed by atoms with E-state index in [1.165, 1.54) is 19.4 Å². The van der Waals surface area contributed by atoms with E-state index < -0.39 is 38.6 Å². The molecule has 1 atom stereocenters. The number of benzene rings is 3. The van der Waals surface area contributed by atoms with Gasteiger partial charge in [-0.15, -0.1) is 0 Å². The molecule has 228 valence electrons. The number of nitrogens with one attached hydrogen (secondary N) is 2. The van der Waals surface area contributed by atoms with Crippen LogP contribution in [0, 0.1) is 11.6 Å². The SMILES string of the molecule is COc1ncc(-c2ccc3nccc(-c4ccc(NC(=O)[C@@H]5CCC(=O)O5)cc4)c3c2)cc1NS(=O)(=O)c1ccc(F)cc1F. The fourth-order valence-electron chi connectivity index (χ4n) is 4.98. The topological polar surface area (TPSA) is 137 Å². The molecule has 45 heavy (non-hydrogen) atoms. The number of hydrogen-bond donors (Lipinski definition) is 2. The lowest BCUT2D eigenvalue weighted by Gasteiger charge is -2.14. The molecular weight excluding hydrogens is 606 g/mol. The number of sulfonamides is 1. The van der Waals surface area contributed by atoms with Gasteiger partial charge >= 0.3 is 5.97 Å². The summed E-state index contributed by atoms with van der Waals surface area (Å²) in [6.07, 6.45) is 2.95. The molecule has 1 saturated heterocycles. The number of nitrogens with zero attached hydrogens (tertiary/aromatic N) is 2. The van der Waals surface area contributed by atoms with Crippen LogP contribution in [0.5, 0.6) is 5.88 Å². The first-order valence-electron chi connectivity index (χ1n) is 13.6. The molecule has 2 aromatic heterocycles. The Balaban J connectivity index is 1.30. The van der Waals surface area contributed by atoms with Gasteiger partial charge in [0.1, 0.15) is 22.2 Å². The summed E-state index contributed by atoms with van der Waals surface area (Å²) in [4.78, 5) is 31.7. The quantitative estimate of drug-likeness (QED) is 0.209. The number of ether oxygens (including phenoxy) is 2. The highest BCUT2D eigenvalue weighted by atomic mass is 32.2. The van der Waals surface area contributed by atoms with Crippen LogP contribution in [-0.2, 0) is 24.3 Å². The molecule has 6 rings (SSSR count). The third kappa shape index (κ3) is 6.15. The predicted octanol–water partition coefficient (Wildman–Crippen LogP) is 5.70. The van der Waals surface area contributed by atoms with Crippen LogP contribution >= 0.6 is 0 Å². The number of amides is 1. The Hall–Kier alpha value is -5.43. The van der Waals surface area contributed by atoms with Crippen molar-refractivity contribution >= 4 is 44.2 Å². The molecule has 1 aliphatic rings. The van der Waals surface area contributed by atoms with Gasteiger partial charge in [-0.1, -0.05) is 18.2 Å². The van der Waals surface area contributed by atoms with Gasteiger partial charge < -0.3 is 14.8 Å². The lowest BCUT2D eigenvalue weighted by Crippen LogP contribution is -2.27. The van der Waals surface area contributed by atoms with E-state index in [0.717, 1.165) is 28.6 Å². The zero-order chi connectivity index (χ0) is 31.7. The van der Waals surface area contributed by atoms with Crippen LogP contribution in [0.15, 0.2) is 90.1 Å². The first-order valence-corrected chi connectivity index (χ1v) is 15.1. The number of cyclic esters (lactones) is 1. The van der Waals surface area contributed by atoms with Gasteiger partial charge in [0, 0.05) is 47.9 Å². The van der Waals surface area contributed by atoms with E-state index >= 15 is 0 Å². The van der Waals surface area contributed by atoms with Crippen molar-refractivity contribution in [2.45, 2.75) is 23.8 Å². The number of methoxy groups -OCH3 is 1. The van der Waals surface area contributed by atoms with E-state index in [-0.39, 0.29) is 23.9 Å². The standard InChI is InChI=1S/C32H24F2N4O6S/c1-43-32-27(38-45(41,42)29-10-5-21(33)16-25(29)34)15-20(17-36-32)19-4-8-26-24(14-19)23(12-13-35-26)18-2-6-22(7-3-18)37-31(40)28-9-11-30(39)44-28/h2-8,10,12-17,28,38H,9,11H2,1H3,(H,37,40)/t28-/m0/s1. The van der Waals surface area contributed by atoms with E-state index in [2.05, 4.69) is 20.0 Å². The summed E-state index contributed by atoms with van der Waals surface area (Å²) in [6.45, 7) is 0. The lowest BCUT2D eigenvalue weighted by molar-refractivity contribution is -0.146. The highest BCUT2D eigenvalue weighted by Crippen LogP contribution is 2.35. The van der Waals surface area contributed by atoms with Gasteiger partial charge in [-0.3, -0.25) is 19.3 Å². The minimum atomic E-state index is -4.46. The van der Waals surface area contributed by atoms with Gasteiger partial charge in [0.15, 0.2) is 6.10 Å². The summed E-state index contributed by atoms with van der Waals surface area (Å²) in [6, 6.07) is 18.2. The monoisotopic (exact) mass is 630 g/mol. The van der Waals surface area contributed by atoms with Crippen molar-refractivity contribution < 1.29 is 36.3 Å². The Bertz CT molecular complexity index is 2070. The summed E-state index contributed by atoms with van der Waals surface area (Å²) in [5.74, 6) is -2.97. The first kappa shape index (κ1) is 29.6. The Labute approximate surface area is 256 Å². The summed E-state index contributed by atoms with van der Waals surface area (Å²) in [5, 5.41) is 3.55. The van der Waals surface area contributed by atoms with Crippen molar-refractivity contribution in [1.82, 2.24) is 9.97 Å². The summed E-state index contributed by atoms with van der Waals surface area (Å²) in [5.41, 5.74) is 4.09. The van der Waals surface area contributed by atoms with E-state index in [1.807, 2.05) is 30.3 Å². The fraction of sp³-hybridized carbons (Fsp3) is 0.125. The third-order valence-corrected chi connectivity index (χ3v) is 8.59. The van der Waals surface area contributed by atoms with Gasteiger partial charge in [0.2, 0.25) is 5.88 Å². The van der Waals surface area contributed by atoms with Crippen molar-refractivity contribution in [2.75, 3.05) is 17.1 Å². The summed E-state index contributed by atoms with van der Waals surface area (Å²) in [7, 11) is -3.15. The van der Waals surface area contributed by atoms with E-state index in [1.54, 1.807) is 24.4 Å². The Morgan fingerprint density at radius 2 is 1.73 bits per heavy atom. The fourth-order valence-corrected chi connectivity index (χ4v) is 6.09. The number of pyridine rings is 2. The Morgan fingerprint density at radius 3 is 2.44 bits per heavy atom. The van der Waals surface area contributed by atoms with Crippen LogP contribution in [0.2, 0.25) is 0 Å². The normalized spacial score (nSPS) is 14.6. The van der Waals surface area contributed by atoms with Crippen molar-refractivity contribution in [1.29, 1.82) is 0 Å². The molecule has 3 heterocycles. The highest BCUT2D eigenvalue weighted by molar-refractivity contribution is 7.92. The molecule has 1 amide bonds. The minimum absolute atomic E-state index is 0.0461. The number of fused-ring (bicyclic) bond motifs is 1. The van der Waals surface area contributed by atoms with Crippen LogP contribution in [0.4, 0.5) is 20.2 Å². The average molecular weight is 631 g/mol. The van der Waals surface area contributed by atoms with Crippen LogP contribution < -0.4 is 14.8 Å². The second kappa shape index (κ2) is 11.9. The maximum absolute atomic E-state index is 14.3. The number of halogens is 2. The van der Waals surface area contributed by atoms with Crippen molar-refractivity contribution in [3.05, 3.63) is 96.8 Å². The van der Waals surface area contributed by atoms with Crippen molar-refractivity contribution in [3.63, 3.8) is 0 Å². The number of anilines is 2. The molecule has 0 radical (unpaired) electrons. The molecule has 13 heteroatoms. The van der Waals surface area contributed by atoms with Gasteiger partial charge in [0.25, 0.3) is 15.9 Å². The molecule has 0 aliphatic carbocycles. The second-order valence-corrected chi connectivity index (χ2v) is 11.8. The summed E-state index contributed by atoms with van der Waals surface area (Å²) < 4.78 is 66.2. The molecule has 0 spiro atoms. The van der Waals surface area contributed by atoms with Gasteiger partial charge in [0.05, 0.1) is 12.6 Å². The highest BCUT2D eigenvalue weighted by Gasteiger charge is 2.29. The Morgan fingerprint density at radius 1 is 0.956 bits per heavy atom. The molecule has 0 unspecified atom stereocenters. The molecule has 1 aliphatic heterocycles. The zero-order valence-corrected chi connectivity index (χ0v) is 24.4. The van der Waals surface area contributed by atoms with Crippen LogP contribution in [0.3, 0.4) is 0 Å². The van der Waals surface area contributed by atoms with Gasteiger partial charge in [-0.05, 0) is 65.2 Å². The zero-order valence-electron chi connectivity index (χ0n) is 23.6. The Kier molecular flexibility index (Phi) is 7.85. The molecule has 0 saturated carbocycles. The maximum atomic E-state index is 14.3. The second-order valence-electron chi connectivity index (χ2n) is 10.1. The van der Waals surface area contributed by atoms with Crippen molar-refractivity contribution in [3.8, 4) is 28.1 Å². The minimum Gasteiger partial charge on any atom is -0.480 e. The molecule has 1 fully saturated rings. The van der Waals surface area contributed by atoms with Gasteiger partial charge in [-0.2, -0.15) is 0 Å². The first-order chi connectivity index (χ1) is 21.6. The number of aromatic nitrogens is 2. The average Bonchev–Trinajstić information content (AvgIpc) is 3.47. The van der Waals surface area contributed by atoms with Gasteiger partial charge in [-0.25, -0.2) is 22.2 Å². The largest absolute Gasteiger partial charge is 0.480 e. The number of carbonyl (C=O) groups is 2. The predicted molar refractivity (Wildman–Crippen MR) is 162 cm³/mol. The maximum Gasteiger partial charge on any atom is 0.306 e. The van der Waals surface area contributed by atoms with Crippen LogP contribution in [-0.4, -0.2) is 43.5 Å². The van der Waals surface area contributed by atoms with E-state index in [4.69, 9.17) is 9.47 Å². The lowest BCUT2D eigenvalue weighted by atomic mass is 9.97.